The van der Waals surface area contributed by atoms with Crippen LogP contribution in [0.3, 0.4) is 0 Å². The molecule has 1 N–H and O–H groups in total. The van der Waals surface area contributed by atoms with Gasteiger partial charge in [-0.3, -0.25) is 0 Å². The van der Waals surface area contributed by atoms with E-state index in [1.54, 1.807) is 0 Å². The lowest BCUT2D eigenvalue weighted by Crippen LogP contribution is -2.38. The second-order valence-electron chi connectivity index (χ2n) is 6.70. The fraction of sp³-hybridized carbons (Fsp3) is 0.421. The molecule has 1 aromatic carbocycles. The summed E-state index contributed by atoms with van der Waals surface area (Å²) in [6.07, 6.45) is 0.978. The van der Waals surface area contributed by atoms with Crippen LogP contribution in [0.2, 0.25) is 0 Å². The molecule has 0 bridgehead atoms. The van der Waals surface area contributed by atoms with E-state index in [9.17, 15) is 0 Å². The number of nitrogens with one attached hydrogen (secondary N) is 1. The highest BCUT2D eigenvalue weighted by molar-refractivity contribution is 5.72. The fourth-order valence-corrected chi connectivity index (χ4v) is 3.37. The lowest BCUT2D eigenvalue weighted by Gasteiger charge is -2.38. The summed E-state index contributed by atoms with van der Waals surface area (Å²) in [6.45, 7) is 13.1. The molecule has 23 heavy (non-hydrogen) atoms. The number of hydrogen-bond donors (Lipinski definition) is 1. The van der Waals surface area contributed by atoms with Gasteiger partial charge in [0.2, 0.25) is 0 Å². The van der Waals surface area contributed by atoms with Crippen molar-refractivity contribution in [1.82, 2.24) is 9.78 Å². The third-order valence-corrected chi connectivity index (χ3v) is 4.45. The molecule has 1 aromatic heterocycles. The molecule has 1 atom stereocenters. The first-order chi connectivity index (χ1) is 10.9. The number of nitrogens with zero attached hydrogens (tertiary/aromatic N) is 2. The van der Waals surface area contributed by atoms with Crippen LogP contribution in [0.15, 0.2) is 36.9 Å². The lowest BCUT2D eigenvalue weighted by molar-refractivity contribution is 0.262. The van der Waals surface area contributed by atoms with Gasteiger partial charge in [-0.1, -0.05) is 36.9 Å². The van der Waals surface area contributed by atoms with Crippen molar-refractivity contribution in [3.8, 4) is 0 Å². The summed E-state index contributed by atoms with van der Waals surface area (Å²) < 4.78 is 7.74. The Morgan fingerprint density at radius 2 is 2.09 bits per heavy atom. The van der Waals surface area contributed by atoms with Crippen molar-refractivity contribution in [1.29, 1.82) is 0 Å². The number of benzene rings is 1. The molecule has 1 aliphatic heterocycles. The van der Waals surface area contributed by atoms with E-state index in [1.165, 1.54) is 5.56 Å². The van der Waals surface area contributed by atoms with Crippen LogP contribution in [0.25, 0.3) is 5.76 Å². The monoisotopic (exact) mass is 311 g/mol. The van der Waals surface area contributed by atoms with Crippen molar-refractivity contribution in [2.45, 2.75) is 45.7 Å². The molecule has 4 heteroatoms. The molecule has 0 amide bonds. The smallest absolute Gasteiger partial charge is 0.136 e. The molecular weight excluding hydrogens is 286 g/mol. The molecule has 0 fully saturated rings. The number of rotatable bonds is 4. The van der Waals surface area contributed by atoms with Crippen molar-refractivity contribution in [3.05, 3.63) is 53.7 Å². The van der Waals surface area contributed by atoms with E-state index in [-0.39, 0.29) is 11.6 Å². The van der Waals surface area contributed by atoms with E-state index < -0.39 is 0 Å². The average molecular weight is 311 g/mol. The highest BCUT2D eigenvalue weighted by atomic mass is 16.5. The number of ether oxygens (including phenoxy) is 1. The molecular formula is C19H25N3O. The molecule has 1 unspecified atom stereocenters. The van der Waals surface area contributed by atoms with E-state index in [1.807, 2.05) is 19.9 Å². The first-order valence-corrected chi connectivity index (χ1v) is 8.17. The Bertz CT molecular complexity index is 716. The largest absolute Gasteiger partial charge is 0.494 e. The first-order valence-electron chi connectivity index (χ1n) is 8.17. The first kappa shape index (κ1) is 15.7. The summed E-state index contributed by atoms with van der Waals surface area (Å²) >= 11 is 0. The zero-order valence-corrected chi connectivity index (χ0v) is 14.4. The Morgan fingerprint density at radius 3 is 2.74 bits per heavy atom. The second kappa shape index (κ2) is 5.76. The van der Waals surface area contributed by atoms with Gasteiger partial charge in [-0.15, -0.1) is 0 Å². The van der Waals surface area contributed by atoms with Crippen molar-refractivity contribution >= 4 is 11.6 Å². The number of aryl methyl sites for hydroxylation is 1. The minimum Gasteiger partial charge on any atom is -0.494 e. The van der Waals surface area contributed by atoms with Crippen LogP contribution < -0.4 is 5.32 Å². The molecule has 0 saturated carbocycles. The molecule has 0 aliphatic carbocycles. The van der Waals surface area contributed by atoms with Gasteiger partial charge in [0.05, 0.1) is 29.4 Å². The van der Waals surface area contributed by atoms with Crippen LogP contribution in [-0.4, -0.2) is 16.4 Å². The topological polar surface area (TPSA) is 39.1 Å². The maximum atomic E-state index is 5.65. The molecule has 1 aliphatic rings. The molecule has 2 heterocycles. The Hall–Kier alpha value is -2.23. The van der Waals surface area contributed by atoms with Crippen molar-refractivity contribution in [2.75, 3.05) is 11.9 Å². The molecule has 0 radical (unpaired) electrons. The van der Waals surface area contributed by atoms with E-state index >= 15 is 0 Å². The maximum Gasteiger partial charge on any atom is 0.136 e. The number of hydrogen-bond acceptors (Lipinski definition) is 3. The van der Waals surface area contributed by atoms with Gasteiger partial charge < -0.3 is 10.1 Å². The van der Waals surface area contributed by atoms with E-state index in [4.69, 9.17) is 9.84 Å². The standard InChI is InChI=1S/C19H25N3O/c1-6-23-14(3)17-13(2)21-22-18(17)20-16(12-19(22,4)5)15-10-8-7-9-11-15/h7-11,16,20H,3,6,12H2,1-2,4-5H3. The van der Waals surface area contributed by atoms with Gasteiger partial charge in [0, 0.05) is 0 Å². The molecule has 0 saturated heterocycles. The Labute approximate surface area is 138 Å². The molecule has 0 spiro atoms. The summed E-state index contributed by atoms with van der Waals surface area (Å²) in [5.74, 6) is 1.69. The van der Waals surface area contributed by atoms with E-state index in [2.05, 4.69) is 54.7 Å². The van der Waals surface area contributed by atoms with E-state index in [0.29, 0.717) is 12.4 Å². The van der Waals surface area contributed by atoms with Crippen molar-refractivity contribution in [2.24, 2.45) is 0 Å². The Morgan fingerprint density at radius 1 is 1.39 bits per heavy atom. The van der Waals surface area contributed by atoms with Gasteiger partial charge in [0.15, 0.2) is 0 Å². The average Bonchev–Trinajstić information content (AvgIpc) is 2.85. The van der Waals surface area contributed by atoms with Gasteiger partial charge in [0.25, 0.3) is 0 Å². The van der Waals surface area contributed by atoms with Gasteiger partial charge >= 0.3 is 0 Å². The number of fused-ring (bicyclic) bond motifs is 1. The van der Waals surface area contributed by atoms with Gasteiger partial charge in [-0.25, -0.2) is 4.68 Å². The van der Waals surface area contributed by atoms with Crippen LogP contribution in [0.4, 0.5) is 5.82 Å². The summed E-state index contributed by atoms with van der Waals surface area (Å²) in [6, 6.07) is 10.8. The zero-order chi connectivity index (χ0) is 16.6. The third kappa shape index (κ3) is 2.74. The SMILES string of the molecule is C=C(OCC)c1c(C)nn2c1NC(c1ccccc1)CC2(C)C. The maximum absolute atomic E-state index is 5.65. The quantitative estimate of drug-likeness (QED) is 0.846. The highest BCUT2D eigenvalue weighted by Gasteiger charge is 2.37. The molecule has 3 rings (SSSR count). The normalized spacial score (nSPS) is 18.9. The predicted molar refractivity (Wildman–Crippen MR) is 94.4 cm³/mol. The molecule has 2 aromatic rings. The van der Waals surface area contributed by atoms with Crippen LogP contribution in [0.1, 0.15) is 50.1 Å². The van der Waals surface area contributed by atoms with Crippen LogP contribution in [0, 0.1) is 6.92 Å². The molecule has 122 valence electrons. The second-order valence-corrected chi connectivity index (χ2v) is 6.70. The predicted octanol–water partition coefficient (Wildman–Crippen LogP) is 4.49. The van der Waals surface area contributed by atoms with E-state index in [0.717, 1.165) is 23.5 Å². The van der Waals surface area contributed by atoms with Crippen LogP contribution in [-0.2, 0) is 10.3 Å². The lowest BCUT2D eigenvalue weighted by atomic mass is 9.89. The highest BCUT2D eigenvalue weighted by Crippen LogP contribution is 2.42. The summed E-state index contributed by atoms with van der Waals surface area (Å²) in [4.78, 5) is 0. The fourth-order valence-electron chi connectivity index (χ4n) is 3.37. The third-order valence-electron chi connectivity index (χ3n) is 4.45. The minimum atomic E-state index is -0.0728. The van der Waals surface area contributed by atoms with Gasteiger partial charge in [-0.2, -0.15) is 5.10 Å². The summed E-state index contributed by atoms with van der Waals surface area (Å²) in [5.41, 5.74) is 3.16. The van der Waals surface area contributed by atoms with Crippen molar-refractivity contribution in [3.63, 3.8) is 0 Å². The van der Waals surface area contributed by atoms with Crippen LogP contribution >= 0.6 is 0 Å². The van der Waals surface area contributed by atoms with Gasteiger partial charge in [0.1, 0.15) is 11.6 Å². The summed E-state index contributed by atoms with van der Waals surface area (Å²) in [5, 5.41) is 8.41. The summed E-state index contributed by atoms with van der Waals surface area (Å²) in [7, 11) is 0. The zero-order valence-electron chi connectivity index (χ0n) is 14.4. The Kier molecular flexibility index (Phi) is 3.92. The minimum absolute atomic E-state index is 0.0728. The number of aromatic nitrogens is 2. The number of anilines is 1. The Balaban J connectivity index is 2.06. The van der Waals surface area contributed by atoms with Crippen LogP contribution in [0.5, 0.6) is 0 Å². The van der Waals surface area contributed by atoms with Crippen molar-refractivity contribution < 1.29 is 4.74 Å². The van der Waals surface area contributed by atoms with Gasteiger partial charge in [-0.05, 0) is 39.7 Å². The molecule has 4 nitrogen and oxygen atoms in total.